The predicted octanol–water partition coefficient (Wildman–Crippen LogP) is 0.222. The van der Waals surface area contributed by atoms with Gasteiger partial charge in [0.15, 0.2) is 0 Å². The van der Waals surface area contributed by atoms with Crippen LogP contribution in [0.3, 0.4) is 0 Å². The van der Waals surface area contributed by atoms with Crippen molar-refractivity contribution in [2.45, 2.75) is 0 Å². The zero-order chi connectivity index (χ0) is 20.2. The lowest BCUT2D eigenvalue weighted by atomic mass is 10.1. The maximum atomic E-state index is 12.9. The van der Waals surface area contributed by atoms with Gasteiger partial charge in [0.25, 0.3) is 11.8 Å². The molecule has 0 aromatic carbocycles. The molecule has 2 aliphatic rings. The first-order valence-electron chi connectivity index (χ1n) is 9.87. The van der Waals surface area contributed by atoms with Crippen LogP contribution in [0.5, 0.6) is 0 Å². The number of pyridine rings is 1. The van der Waals surface area contributed by atoms with Crippen molar-refractivity contribution in [3.05, 3.63) is 48.0 Å². The molecule has 0 N–H and O–H groups in total. The number of aromatic nitrogens is 3. The molecule has 0 aliphatic carbocycles. The first-order valence-corrected chi connectivity index (χ1v) is 9.87. The number of rotatable bonds is 3. The molecule has 0 radical (unpaired) electrons. The van der Waals surface area contributed by atoms with Gasteiger partial charge in [0.05, 0.1) is 0 Å². The number of carbonyl (C=O) groups excluding carboxylic acids is 2. The first kappa shape index (κ1) is 19.3. The zero-order valence-electron chi connectivity index (χ0n) is 16.6. The second kappa shape index (κ2) is 8.52. The largest absolute Gasteiger partial charge is 0.337 e. The van der Waals surface area contributed by atoms with Crippen LogP contribution in [0.1, 0.15) is 20.8 Å². The lowest BCUT2D eigenvalue weighted by Crippen LogP contribution is -2.49. The number of nitrogens with zero attached hydrogens (tertiary/aromatic N) is 7. The van der Waals surface area contributed by atoms with Crippen molar-refractivity contribution in [2.24, 2.45) is 0 Å². The van der Waals surface area contributed by atoms with E-state index in [2.05, 4.69) is 31.8 Å². The summed E-state index contributed by atoms with van der Waals surface area (Å²) in [6.07, 6.45) is 4.98. The summed E-state index contributed by atoms with van der Waals surface area (Å²) in [5.41, 5.74) is 0.832. The standard InChI is InChI=1S/C20H25N7O2/c1-24-7-9-25(10-8-24)18(28)16-3-6-21-17(15-16)19(29)26-11-13-27(14-12-26)20-22-4-2-5-23-20/h2-6,15H,7-14H2,1H3. The van der Waals surface area contributed by atoms with Crippen LogP contribution in [0.2, 0.25) is 0 Å². The molecule has 29 heavy (non-hydrogen) atoms. The van der Waals surface area contributed by atoms with Crippen LogP contribution in [-0.2, 0) is 0 Å². The van der Waals surface area contributed by atoms with Gasteiger partial charge in [-0.3, -0.25) is 14.6 Å². The van der Waals surface area contributed by atoms with Crippen LogP contribution < -0.4 is 4.90 Å². The van der Waals surface area contributed by atoms with Crippen LogP contribution in [0.15, 0.2) is 36.8 Å². The Labute approximate surface area is 170 Å². The topological polar surface area (TPSA) is 85.8 Å². The molecule has 2 aromatic rings. The molecule has 2 saturated heterocycles. The number of hydrogen-bond donors (Lipinski definition) is 0. The van der Waals surface area contributed by atoms with E-state index in [0.29, 0.717) is 56.5 Å². The molecular formula is C20H25N7O2. The Morgan fingerprint density at radius 1 is 0.793 bits per heavy atom. The Hall–Kier alpha value is -3.07. The van der Waals surface area contributed by atoms with Gasteiger partial charge >= 0.3 is 0 Å². The molecule has 0 unspecified atom stereocenters. The highest BCUT2D eigenvalue weighted by Crippen LogP contribution is 2.14. The normalized spacial score (nSPS) is 18.0. The summed E-state index contributed by atoms with van der Waals surface area (Å²) in [6, 6.07) is 5.09. The molecule has 0 bridgehead atoms. The van der Waals surface area contributed by atoms with E-state index in [9.17, 15) is 9.59 Å². The van der Waals surface area contributed by atoms with Crippen molar-refractivity contribution in [2.75, 3.05) is 64.3 Å². The predicted molar refractivity (Wildman–Crippen MR) is 108 cm³/mol. The van der Waals surface area contributed by atoms with E-state index in [1.54, 1.807) is 41.7 Å². The van der Waals surface area contributed by atoms with Crippen LogP contribution in [-0.4, -0.2) is 101 Å². The fourth-order valence-corrected chi connectivity index (χ4v) is 3.60. The highest BCUT2D eigenvalue weighted by Gasteiger charge is 2.26. The molecule has 9 heteroatoms. The van der Waals surface area contributed by atoms with Crippen molar-refractivity contribution >= 4 is 17.8 Å². The maximum absolute atomic E-state index is 12.9. The van der Waals surface area contributed by atoms with Crippen molar-refractivity contribution in [1.82, 2.24) is 29.7 Å². The number of amides is 2. The number of carbonyl (C=O) groups is 2. The minimum absolute atomic E-state index is 0.0411. The fraction of sp³-hybridized carbons (Fsp3) is 0.450. The van der Waals surface area contributed by atoms with Gasteiger partial charge < -0.3 is 19.6 Å². The molecule has 4 heterocycles. The monoisotopic (exact) mass is 395 g/mol. The number of likely N-dealkylation sites (N-methyl/N-ethyl adjacent to an activating group) is 1. The van der Waals surface area contributed by atoms with Crippen LogP contribution in [0.25, 0.3) is 0 Å². The van der Waals surface area contributed by atoms with Crippen LogP contribution >= 0.6 is 0 Å². The maximum Gasteiger partial charge on any atom is 0.272 e. The molecule has 9 nitrogen and oxygen atoms in total. The van der Waals surface area contributed by atoms with E-state index >= 15 is 0 Å². The number of anilines is 1. The molecule has 0 spiro atoms. The zero-order valence-corrected chi connectivity index (χ0v) is 16.6. The minimum Gasteiger partial charge on any atom is -0.337 e. The van der Waals surface area contributed by atoms with Crippen molar-refractivity contribution in [3.8, 4) is 0 Å². The summed E-state index contributed by atoms with van der Waals surface area (Å²) in [5, 5.41) is 0. The smallest absolute Gasteiger partial charge is 0.272 e. The van der Waals surface area contributed by atoms with Crippen LogP contribution in [0, 0.1) is 0 Å². The Balaban J connectivity index is 1.39. The van der Waals surface area contributed by atoms with Gasteiger partial charge in [-0.15, -0.1) is 0 Å². The van der Waals surface area contributed by atoms with Crippen molar-refractivity contribution in [1.29, 1.82) is 0 Å². The van der Waals surface area contributed by atoms with Gasteiger partial charge in [-0.2, -0.15) is 0 Å². The van der Waals surface area contributed by atoms with Gasteiger partial charge in [-0.25, -0.2) is 9.97 Å². The molecule has 4 rings (SSSR count). The molecular weight excluding hydrogens is 370 g/mol. The summed E-state index contributed by atoms with van der Waals surface area (Å²) in [7, 11) is 2.05. The van der Waals surface area contributed by atoms with E-state index in [1.165, 1.54) is 0 Å². The first-order chi connectivity index (χ1) is 14.1. The second-order valence-electron chi connectivity index (χ2n) is 7.35. The Bertz CT molecular complexity index is 860. The lowest BCUT2D eigenvalue weighted by molar-refractivity contribution is 0.0664. The molecule has 2 amide bonds. The Morgan fingerprint density at radius 3 is 2.10 bits per heavy atom. The van der Waals surface area contributed by atoms with Crippen molar-refractivity contribution in [3.63, 3.8) is 0 Å². The Kier molecular flexibility index (Phi) is 5.66. The minimum atomic E-state index is -0.147. The quantitative estimate of drug-likeness (QED) is 0.735. The van der Waals surface area contributed by atoms with Crippen LogP contribution in [0.4, 0.5) is 5.95 Å². The van der Waals surface area contributed by atoms with Gasteiger partial charge in [0.2, 0.25) is 5.95 Å². The third-order valence-electron chi connectivity index (χ3n) is 5.42. The van der Waals surface area contributed by atoms with Gasteiger partial charge in [-0.05, 0) is 25.2 Å². The molecule has 2 aromatic heterocycles. The van der Waals surface area contributed by atoms with Crippen molar-refractivity contribution < 1.29 is 9.59 Å². The number of piperazine rings is 2. The lowest BCUT2D eigenvalue weighted by Gasteiger charge is -2.34. The van der Waals surface area contributed by atoms with E-state index in [1.807, 2.05) is 4.90 Å². The van der Waals surface area contributed by atoms with E-state index in [0.717, 1.165) is 13.1 Å². The van der Waals surface area contributed by atoms with E-state index < -0.39 is 0 Å². The average molecular weight is 395 g/mol. The van der Waals surface area contributed by atoms with Gasteiger partial charge in [-0.1, -0.05) is 0 Å². The van der Waals surface area contributed by atoms with E-state index in [4.69, 9.17) is 0 Å². The SMILES string of the molecule is CN1CCN(C(=O)c2ccnc(C(=O)N3CCN(c4ncccn4)CC3)c2)CC1. The van der Waals surface area contributed by atoms with Gasteiger partial charge in [0, 0.05) is 76.5 Å². The highest BCUT2D eigenvalue weighted by molar-refractivity contribution is 5.98. The Morgan fingerprint density at radius 2 is 1.41 bits per heavy atom. The second-order valence-corrected chi connectivity index (χ2v) is 7.35. The molecule has 152 valence electrons. The number of hydrogen-bond acceptors (Lipinski definition) is 7. The summed E-state index contributed by atoms with van der Waals surface area (Å²) < 4.78 is 0. The molecule has 0 saturated carbocycles. The van der Waals surface area contributed by atoms with Gasteiger partial charge in [0.1, 0.15) is 5.69 Å². The fourth-order valence-electron chi connectivity index (χ4n) is 3.60. The molecule has 0 atom stereocenters. The summed E-state index contributed by atoms with van der Waals surface area (Å²) in [6.45, 7) is 5.57. The summed E-state index contributed by atoms with van der Waals surface area (Å²) >= 11 is 0. The summed E-state index contributed by atoms with van der Waals surface area (Å²) in [5.74, 6) is 0.491. The third-order valence-corrected chi connectivity index (χ3v) is 5.42. The molecule has 2 fully saturated rings. The molecule has 2 aliphatic heterocycles. The highest BCUT2D eigenvalue weighted by atomic mass is 16.2. The van der Waals surface area contributed by atoms with E-state index in [-0.39, 0.29) is 11.8 Å². The third kappa shape index (κ3) is 4.34. The average Bonchev–Trinajstić information content (AvgIpc) is 2.79. The summed E-state index contributed by atoms with van der Waals surface area (Å²) in [4.78, 5) is 46.3.